The smallest absolute Gasteiger partial charge is 0.407 e. The van der Waals surface area contributed by atoms with Crippen LogP contribution in [0.1, 0.15) is 30.0 Å². The Morgan fingerprint density at radius 3 is 2.68 bits per heavy atom. The highest BCUT2D eigenvalue weighted by Crippen LogP contribution is 2.34. The van der Waals surface area contributed by atoms with Crippen LogP contribution in [0.2, 0.25) is 0 Å². The van der Waals surface area contributed by atoms with Crippen molar-refractivity contribution >= 4 is 12.1 Å². The summed E-state index contributed by atoms with van der Waals surface area (Å²) < 4.78 is 13.3. The highest BCUT2D eigenvalue weighted by Gasteiger charge is 2.35. The first-order chi connectivity index (χ1) is 10.3. The van der Waals surface area contributed by atoms with Crippen LogP contribution in [0.4, 0.5) is 14.0 Å². The third-order valence-electron chi connectivity index (χ3n) is 4.31. The van der Waals surface area contributed by atoms with Gasteiger partial charge in [0.15, 0.2) is 0 Å². The largest absolute Gasteiger partial charge is 0.465 e. The molecule has 0 bridgehead atoms. The van der Waals surface area contributed by atoms with Gasteiger partial charge in [-0.1, -0.05) is 6.07 Å². The van der Waals surface area contributed by atoms with Crippen molar-refractivity contribution in [1.29, 1.82) is 0 Å². The number of hydrogen-bond acceptors (Lipinski definition) is 2. The zero-order valence-electron chi connectivity index (χ0n) is 12.6. The Hall–Kier alpha value is -2.31. The molecule has 0 radical (unpaired) electrons. The van der Waals surface area contributed by atoms with E-state index in [9.17, 15) is 19.1 Å². The number of aryl methyl sites for hydroxylation is 1. The summed E-state index contributed by atoms with van der Waals surface area (Å²) in [4.78, 5) is 25.6. The maximum atomic E-state index is 13.3. The van der Waals surface area contributed by atoms with E-state index in [1.807, 2.05) is 0 Å². The first kappa shape index (κ1) is 16.1. The Kier molecular flexibility index (Phi) is 4.54. The van der Waals surface area contributed by atoms with Crippen molar-refractivity contribution < 1.29 is 19.1 Å². The third kappa shape index (κ3) is 3.13. The third-order valence-corrected chi connectivity index (χ3v) is 4.31. The summed E-state index contributed by atoms with van der Waals surface area (Å²) in [6.45, 7) is 2.05. The summed E-state index contributed by atoms with van der Waals surface area (Å²) in [5.74, 6) is -0.357. The number of carbonyl (C=O) groups excluding carboxylic acids is 1. The Labute approximate surface area is 128 Å². The summed E-state index contributed by atoms with van der Waals surface area (Å²) in [7, 11) is 1.61. The van der Waals surface area contributed by atoms with E-state index in [2.05, 4.69) is 0 Å². The lowest BCUT2D eigenvalue weighted by Gasteiger charge is -2.41. The first-order valence-electron chi connectivity index (χ1n) is 7.09. The van der Waals surface area contributed by atoms with Crippen LogP contribution in [-0.2, 0) is 0 Å². The molecule has 22 heavy (non-hydrogen) atoms. The quantitative estimate of drug-likeness (QED) is 0.879. The van der Waals surface area contributed by atoms with Gasteiger partial charge in [0.05, 0.1) is 6.04 Å². The summed E-state index contributed by atoms with van der Waals surface area (Å²) in [6.07, 6.45) is -0.0466. The zero-order chi connectivity index (χ0) is 16.4. The van der Waals surface area contributed by atoms with E-state index in [-0.39, 0.29) is 11.9 Å². The lowest BCUT2D eigenvalue weighted by molar-refractivity contribution is 0.0785. The fourth-order valence-electron chi connectivity index (χ4n) is 3.02. The minimum Gasteiger partial charge on any atom is -0.465 e. The summed E-state index contributed by atoms with van der Waals surface area (Å²) in [6, 6.07) is 3.22. The molecule has 2 atom stereocenters. The molecule has 0 aliphatic carbocycles. The van der Waals surface area contributed by atoms with Crippen LogP contribution >= 0.6 is 0 Å². The normalized spacial score (nSPS) is 21.5. The number of benzene rings is 1. The molecule has 6 nitrogen and oxygen atoms in total. The van der Waals surface area contributed by atoms with Crippen molar-refractivity contribution in [2.24, 2.45) is 5.73 Å². The Bertz CT molecular complexity index is 593. The Morgan fingerprint density at radius 2 is 2.14 bits per heavy atom. The van der Waals surface area contributed by atoms with Gasteiger partial charge in [-0.05, 0) is 43.0 Å². The monoisotopic (exact) mass is 309 g/mol. The number of carbonyl (C=O) groups is 2. The number of primary amides is 1. The standard InChI is InChI=1S/C15H20FN3O3/c1-9-7-10(16)3-4-12(9)13-8-11(18(2)14(17)20)5-6-19(13)15(21)22/h3-4,7,11,13H,5-6,8H2,1-2H3,(H2,17,20)(H,21,22)/t11-,13+/m0/s1. The van der Waals surface area contributed by atoms with Crippen LogP contribution in [0.3, 0.4) is 0 Å². The molecule has 1 fully saturated rings. The molecule has 7 heteroatoms. The molecule has 0 spiro atoms. The molecule has 1 heterocycles. The average Bonchev–Trinajstić information content (AvgIpc) is 2.45. The molecular weight excluding hydrogens is 289 g/mol. The van der Waals surface area contributed by atoms with Gasteiger partial charge >= 0.3 is 12.1 Å². The van der Waals surface area contributed by atoms with Gasteiger partial charge in [-0.2, -0.15) is 0 Å². The molecule has 3 N–H and O–H groups in total. The number of amides is 3. The van der Waals surface area contributed by atoms with E-state index in [4.69, 9.17) is 5.73 Å². The van der Waals surface area contributed by atoms with E-state index in [0.717, 1.165) is 5.56 Å². The lowest BCUT2D eigenvalue weighted by Crippen LogP contribution is -2.49. The van der Waals surface area contributed by atoms with E-state index >= 15 is 0 Å². The van der Waals surface area contributed by atoms with Crippen molar-refractivity contribution in [1.82, 2.24) is 9.80 Å². The number of halogens is 1. The number of hydrogen-bond donors (Lipinski definition) is 2. The number of likely N-dealkylation sites (tertiary alicyclic amines) is 1. The SMILES string of the molecule is Cc1cc(F)ccc1[C@H]1C[C@@H](N(C)C(N)=O)CCN1C(=O)O. The van der Waals surface area contributed by atoms with Gasteiger partial charge in [0, 0.05) is 19.6 Å². The van der Waals surface area contributed by atoms with Crippen LogP contribution in [0.15, 0.2) is 18.2 Å². The Balaban J connectivity index is 2.33. The van der Waals surface area contributed by atoms with Gasteiger partial charge in [-0.25, -0.2) is 14.0 Å². The molecule has 1 aliphatic rings. The van der Waals surface area contributed by atoms with Crippen molar-refractivity contribution in [3.05, 3.63) is 35.1 Å². The Morgan fingerprint density at radius 1 is 1.45 bits per heavy atom. The minimum atomic E-state index is -1.02. The molecule has 120 valence electrons. The molecule has 1 aliphatic heterocycles. The molecule has 0 saturated carbocycles. The van der Waals surface area contributed by atoms with Gasteiger partial charge in [0.1, 0.15) is 5.82 Å². The minimum absolute atomic E-state index is 0.137. The van der Waals surface area contributed by atoms with E-state index < -0.39 is 18.2 Å². The van der Waals surface area contributed by atoms with Crippen LogP contribution in [-0.4, -0.2) is 46.7 Å². The van der Waals surface area contributed by atoms with Gasteiger partial charge in [-0.15, -0.1) is 0 Å². The van der Waals surface area contributed by atoms with Crippen molar-refractivity contribution in [2.75, 3.05) is 13.6 Å². The maximum Gasteiger partial charge on any atom is 0.407 e. The fourth-order valence-corrected chi connectivity index (χ4v) is 3.02. The lowest BCUT2D eigenvalue weighted by atomic mass is 9.89. The first-order valence-corrected chi connectivity index (χ1v) is 7.09. The predicted molar refractivity (Wildman–Crippen MR) is 79.0 cm³/mol. The molecule has 1 saturated heterocycles. The molecule has 3 amide bonds. The van der Waals surface area contributed by atoms with Crippen LogP contribution in [0.5, 0.6) is 0 Å². The molecule has 1 aromatic rings. The highest BCUT2D eigenvalue weighted by molar-refractivity contribution is 5.72. The summed E-state index contributed by atoms with van der Waals surface area (Å²) >= 11 is 0. The van der Waals surface area contributed by atoms with Crippen molar-refractivity contribution in [3.63, 3.8) is 0 Å². The highest BCUT2D eigenvalue weighted by atomic mass is 19.1. The van der Waals surface area contributed by atoms with E-state index in [1.165, 1.54) is 21.9 Å². The summed E-state index contributed by atoms with van der Waals surface area (Å²) in [5.41, 5.74) is 6.75. The van der Waals surface area contributed by atoms with Gasteiger partial charge in [-0.3, -0.25) is 0 Å². The predicted octanol–water partition coefficient (Wildman–Crippen LogP) is 2.33. The molecule has 2 rings (SSSR count). The number of carboxylic acid groups (broad SMARTS) is 1. The second-order valence-corrected chi connectivity index (χ2v) is 5.62. The molecular formula is C15H20FN3O3. The van der Waals surface area contributed by atoms with Gasteiger partial charge in [0.25, 0.3) is 0 Å². The average molecular weight is 309 g/mol. The second kappa shape index (κ2) is 6.21. The maximum absolute atomic E-state index is 13.3. The van der Waals surface area contributed by atoms with Gasteiger partial charge < -0.3 is 20.6 Å². The number of nitrogens with zero attached hydrogens (tertiary/aromatic N) is 2. The molecule has 0 unspecified atom stereocenters. The fraction of sp³-hybridized carbons (Fsp3) is 0.467. The van der Waals surface area contributed by atoms with Gasteiger partial charge in [0.2, 0.25) is 0 Å². The van der Waals surface area contributed by atoms with E-state index in [0.29, 0.717) is 24.9 Å². The van der Waals surface area contributed by atoms with Crippen LogP contribution < -0.4 is 5.73 Å². The van der Waals surface area contributed by atoms with Crippen LogP contribution in [0, 0.1) is 12.7 Å². The van der Waals surface area contributed by atoms with Crippen molar-refractivity contribution in [2.45, 2.75) is 31.8 Å². The van der Waals surface area contributed by atoms with Crippen molar-refractivity contribution in [3.8, 4) is 0 Å². The summed E-state index contributed by atoms with van der Waals surface area (Å²) in [5, 5.41) is 9.40. The zero-order valence-corrected chi connectivity index (χ0v) is 12.6. The second-order valence-electron chi connectivity index (χ2n) is 5.62. The number of rotatable bonds is 2. The number of nitrogens with two attached hydrogens (primary N) is 1. The topological polar surface area (TPSA) is 86.9 Å². The molecule has 0 aromatic heterocycles. The molecule has 1 aromatic carbocycles. The number of urea groups is 1. The van der Waals surface area contributed by atoms with E-state index in [1.54, 1.807) is 20.0 Å². The van der Waals surface area contributed by atoms with Crippen LogP contribution in [0.25, 0.3) is 0 Å². The number of piperidine rings is 1.